The van der Waals surface area contributed by atoms with Crippen LogP contribution in [-0.4, -0.2) is 23.9 Å². The minimum atomic E-state index is -0.124. The largest absolute Gasteiger partial charge is 0.495 e. The van der Waals surface area contributed by atoms with Gasteiger partial charge in [0.15, 0.2) is 5.11 Å². The number of rotatable bonds is 7. The van der Waals surface area contributed by atoms with Crippen LogP contribution in [0.25, 0.3) is 0 Å². The number of amides is 1. The van der Waals surface area contributed by atoms with Gasteiger partial charge in [-0.05, 0) is 60.7 Å². The van der Waals surface area contributed by atoms with E-state index in [-0.39, 0.29) is 11.7 Å². The molecule has 3 rings (SSSR count). The number of thioether (sulfide) groups is 1. The molecule has 0 aromatic heterocycles. The van der Waals surface area contributed by atoms with E-state index in [4.69, 9.17) is 28.6 Å². The van der Waals surface area contributed by atoms with Gasteiger partial charge in [-0.25, -0.2) is 0 Å². The van der Waals surface area contributed by atoms with Crippen LogP contribution >= 0.6 is 35.6 Å². The van der Waals surface area contributed by atoms with Crippen molar-refractivity contribution in [2.24, 2.45) is 0 Å². The highest BCUT2D eigenvalue weighted by Crippen LogP contribution is 2.27. The number of anilines is 3. The zero-order valence-electron chi connectivity index (χ0n) is 16.1. The normalized spacial score (nSPS) is 10.2. The first-order valence-electron chi connectivity index (χ1n) is 9.03. The fourth-order valence-corrected chi connectivity index (χ4v) is 3.82. The Balaban J connectivity index is 1.51. The van der Waals surface area contributed by atoms with E-state index in [0.29, 0.717) is 21.6 Å². The van der Waals surface area contributed by atoms with Gasteiger partial charge in [-0.3, -0.25) is 4.79 Å². The molecule has 8 heteroatoms. The first-order chi connectivity index (χ1) is 14.5. The SMILES string of the molecule is COc1ccc(NC(=O)CSc2cccc(NC(=S)Nc3ccccc3)c2)cc1Cl. The summed E-state index contributed by atoms with van der Waals surface area (Å²) in [5.74, 6) is 0.702. The van der Waals surface area contributed by atoms with Crippen LogP contribution in [0.5, 0.6) is 5.75 Å². The van der Waals surface area contributed by atoms with Crippen molar-refractivity contribution in [2.75, 3.05) is 28.8 Å². The number of carbonyl (C=O) groups is 1. The number of halogens is 1. The molecule has 0 aliphatic rings. The summed E-state index contributed by atoms with van der Waals surface area (Å²) in [6.07, 6.45) is 0. The highest BCUT2D eigenvalue weighted by molar-refractivity contribution is 8.00. The van der Waals surface area contributed by atoms with Crippen molar-refractivity contribution < 1.29 is 9.53 Å². The van der Waals surface area contributed by atoms with Crippen molar-refractivity contribution in [1.29, 1.82) is 0 Å². The van der Waals surface area contributed by atoms with Crippen molar-refractivity contribution >= 4 is 63.7 Å². The third-order valence-electron chi connectivity index (χ3n) is 3.93. The van der Waals surface area contributed by atoms with E-state index in [2.05, 4.69) is 16.0 Å². The third kappa shape index (κ3) is 6.66. The average Bonchev–Trinajstić information content (AvgIpc) is 2.73. The second-order valence-corrected chi connectivity index (χ2v) is 8.02. The molecule has 0 aliphatic carbocycles. The van der Waals surface area contributed by atoms with Gasteiger partial charge in [0.1, 0.15) is 5.75 Å². The smallest absolute Gasteiger partial charge is 0.234 e. The lowest BCUT2D eigenvalue weighted by atomic mass is 10.3. The Morgan fingerprint density at radius 3 is 2.37 bits per heavy atom. The lowest BCUT2D eigenvalue weighted by Crippen LogP contribution is -2.19. The van der Waals surface area contributed by atoms with Crippen LogP contribution in [0.3, 0.4) is 0 Å². The highest BCUT2D eigenvalue weighted by atomic mass is 35.5. The number of thiocarbonyl (C=S) groups is 1. The molecular formula is C22H20ClN3O2S2. The molecule has 0 aliphatic heterocycles. The summed E-state index contributed by atoms with van der Waals surface area (Å²) >= 11 is 12.9. The average molecular weight is 458 g/mol. The minimum Gasteiger partial charge on any atom is -0.495 e. The van der Waals surface area contributed by atoms with E-state index in [1.807, 2.05) is 54.6 Å². The van der Waals surface area contributed by atoms with E-state index in [1.54, 1.807) is 25.3 Å². The second-order valence-electron chi connectivity index (χ2n) is 6.16. The van der Waals surface area contributed by atoms with Gasteiger partial charge < -0.3 is 20.7 Å². The molecule has 0 bridgehead atoms. The molecule has 0 saturated carbocycles. The van der Waals surface area contributed by atoms with Crippen LogP contribution in [-0.2, 0) is 4.79 Å². The van der Waals surface area contributed by atoms with E-state index < -0.39 is 0 Å². The Kier molecular flexibility index (Phi) is 7.96. The third-order valence-corrected chi connectivity index (χ3v) is 5.42. The molecule has 3 N–H and O–H groups in total. The predicted octanol–water partition coefficient (Wildman–Crippen LogP) is 5.89. The van der Waals surface area contributed by atoms with Crippen LogP contribution in [0.15, 0.2) is 77.7 Å². The fraction of sp³-hybridized carbons (Fsp3) is 0.0909. The number of hydrogen-bond acceptors (Lipinski definition) is 4. The molecule has 0 spiro atoms. The van der Waals surface area contributed by atoms with Crippen LogP contribution < -0.4 is 20.7 Å². The van der Waals surface area contributed by atoms with Crippen molar-refractivity contribution in [2.45, 2.75) is 4.90 Å². The number of ether oxygens (including phenoxy) is 1. The minimum absolute atomic E-state index is 0.124. The number of methoxy groups -OCH3 is 1. The summed E-state index contributed by atoms with van der Waals surface area (Å²) in [4.78, 5) is 13.2. The van der Waals surface area contributed by atoms with Gasteiger partial charge in [-0.15, -0.1) is 11.8 Å². The summed E-state index contributed by atoms with van der Waals surface area (Å²) in [6.45, 7) is 0. The van der Waals surface area contributed by atoms with Gasteiger partial charge >= 0.3 is 0 Å². The Bertz CT molecular complexity index is 1030. The Morgan fingerprint density at radius 1 is 0.933 bits per heavy atom. The number of benzene rings is 3. The molecule has 0 unspecified atom stereocenters. The topological polar surface area (TPSA) is 62.4 Å². The summed E-state index contributed by atoms with van der Waals surface area (Å²) in [5.41, 5.74) is 2.38. The number of para-hydroxylation sites is 1. The summed E-state index contributed by atoms with van der Waals surface area (Å²) in [7, 11) is 1.55. The molecule has 30 heavy (non-hydrogen) atoms. The molecule has 3 aromatic carbocycles. The lowest BCUT2D eigenvalue weighted by molar-refractivity contribution is -0.113. The van der Waals surface area contributed by atoms with Crippen molar-refractivity contribution in [3.05, 3.63) is 77.8 Å². The molecule has 0 radical (unpaired) electrons. The first kappa shape index (κ1) is 22.0. The van der Waals surface area contributed by atoms with Crippen LogP contribution in [0.1, 0.15) is 0 Å². The summed E-state index contributed by atoms with van der Waals surface area (Å²) in [5, 5.41) is 10.1. The predicted molar refractivity (Wildman–Crippen MR) is 130 cm³/mol. The highest BCUT2D eigenvalue weighted by Gasteiger charge is 2.07. The molecule has 1 amide bonds. The van der Waals surface area contributed by atoms with Gasteiger partial charge in [0.2, 0.25) is 5.91 Å². The van der Waals surface area contributed by atoms with Gasteiger partial charge in [-0.1, -0.05) is 35.9 Å². The zero-order valence-corrected chi connectivity index (χ0v) is 18.5. The summed E-state index contributed by atoms with van der Waals surface area (Å²) < 4.78 is 5.11. The fourth-order valence-electron chi connectivity index (χ4n) is 2.57. The number of hydrogen-bond donors (Lipinski definition) is 3. The van der Waals surface area contributed by atoms with Gasteiger partial charge in [0.05, 0.1) is 17.9 Å². The zero-order chi connectivity index (χ0) is 21.3. The maximum atomic E-state index is 12.3. The van der Waals surface area contributed by atoms with Crippen molar-refractivity contribution in [3.8, 4) is 5.75 Å². The molecular weight excluding hydrogens is 438 g/mol. The van der Waals surface area contributed by atoms with Crippen LogP contribution in [0, 0.1) is 0 Å². The van der Waals surface area contributed by atoms with Crippen molar-refractivity contribution in [1.82, 2.24) is 0 Å². The van der Waals surface area contributed by atoms with Crippen LogP contribution in [0.4, 0.5) is 17.1 Å². The summed E-state index contributed by atoms with van der Waals surface area (Å²) in [6, 6.07) is 22.5. The number of carbonyl (C=O) groups excluding carboxylic acids is 1. The van der Waals surface area contributed by atoms with E-state index in [1.165, 1.54) is 11.8 Å². The quantitative estimate of drug-likeness (QED) is 0.304. The first-order valence-corrected chi connectivity index (χ1v) is 10.8. The molecule has 0 saturated heterocycles. The Labute approximate surface area is 190 Å². The van der Waals surface area contributed by atoms with E-state index in [9.17, 15) is 4.79 Å². The van der Waals surface area contributed by atoms with Gasteiger partial charge in [0.25, 0.3) is 0 Å². The molecule has 0 atom stereocenters. The molecule has 5 nitrogen and oxygen atoms in total. The maximum Gasteiger partial charge on any atom is 0.234 e. The Morgan fingerprint density at radius 2 is 1.63 bits per heavy atom. The van der Waals surface area contributed by atoms with E-state index in [0.717, 1.165) is 16.3 Å². The maximum absolute atomic E-state index is 12.3. The van der Waals surface area contributed by atoms with Gasteiger partial charge in [-0.2, -0.15) is 0 Å². The monoisotopic (exact) mass is 457 g/mol. The van der Waals surface area contributed by atoms with Gasteiger partial charge in [0, 0.05) is 22.0 Å². The second kappa shape index (κ2) is 10.9. The molecule has 0 fully saturated rings. The standard InChI is InChI=1S/C22H20ClN3O2S2/c1-28-20-11-10-17(13-19(20)23)24-21(27)14-30-18-9-5-8-16(12-18)26-22(29)25-15-6-3-2-4-7-15/h2-13H,14H2,1H3,(H,24,27)(H2,25,26,29). The van der Waals surface area contributed by atoms with Crippen molar-refractivity contribution in [3.63, 3.8) is 0 Å². The molecule has 3 aromatic rings. The molecule has 154 valence electrons. The lowest BCUT2D eigenvalue weighted by Gasteiger charge is -2.11. The molecule has 0 heterocycles. The van der Waals surface area contributed by atoms with E-state index >= 15 is 0 Å². The Hall–Kier alpha value is -2.74. The van der Waals surface area contributed by atoms with Crippen LogP contribution in [0.2, 0.25) is 5.02 Å². The number of nitrogens with one attached hydrogen (secondary N) is 3.